The summed E-state index contributed by atoms with van der Waals surface area (Å²) in [5.74, 6) is 6.05. The van der Waals surface area contributed by atoms with Gasteiger partial charge in [0.2, 0.25) is 0 Å². The first-order chi connectivity index (χ1) is 7.34. The van der Waals surface area contributed by atoms with Gasteiger partial charge in [-0.15, -0.1) is 0 Å². The molecule has 0 aliphatic rings. The third-order valence-corrected chi connectivity index (χ3v) is 1.91. The first-order valence-electron chi connectivity index (χ1n) is 4.70. The van der Waals surface area contributed by atoms with Crippen molar-refractivity contribution in [3.63, 3.8) is 0 Å². The number of aromatic nitrogens is 2. The van der Waals surface area contributed by atoms with Gasteiger partial charge in [-0.1, -0.05) is 24.1 Å². The van der Waals surface area contributed by atoms with Crippen molar-refractivity contribution >= 4 is 0 Å². The molecular formula is C13H10N2. The molecule has 0 aliphatic heterocycles. The molecule has 1 aromatic heterocycles. The molecule has 0 aliphatic carbocycles. The summed E-state index contributed by atoms with van der Waals surface area (Å²) in [6, 6.07) is 11.7. The van der Waals surface area contributed by atoms with Gasteiger partial charge in [-0.3, -0.25) is 0 Å². The summed E-state index contributed by atoms with van der Waals surface area (Å²) in [4.78, 5) is 8.09. The lowest BCUT2D eigenvalue weighted by Gasteiger charge is -1.91. The molecule has 0 radical (unpaired) electrons. The highest BCUT2D eigenvalue weighted by atomic mass is 14.8. The molecule has 0 atom stereocenters. The Morgan fingerprint density at radius 2 is 1.80 bits per heavy atom. The minimum absolute atomic E-state index is 0.756. The van der Waals surface area contributed by atoms with Gasteiger partial charge in [-0.2, -0.15) is 0 Å². The summed E-state index contributed by atoms with van der Waals surface area (Å²) in [7, 11) is 0. The Hall–Kier alpha value is -2.14. The van der Waals surface area contributed by atoms with E-state index in [0.717, 1.165) is 17.0 Å². The van der Waals surface area contributed by atoms with E-state index >= 15 is 0 Å². The second-order valence-electron chi connectivity index (χ2n) is 3.16. The molecule has 0 amide bonds. The van der Waals surface area contributed by atoms with Crippen LogP contribution in [0.5, 0.6) is 0 Å². The highest BCUT2D eigenvalue weighted by Gasteiger charge is 1.89. The number of hydrogen-bond acceptors (Lipinski definition) is 2. The van der Waals surface area contributed by atoms with Crippen LogP contribution in [0.2, 0.25) is 0 Å². The molecule has 1 aromatic carbocycles. The topological polar surface area (TPSA) is 25.8 Å². The van der Waals surface area contributed by atoms with Crippen LogP contribution in [-0.2, 0) is 0 Å². The minimum Gasteiger partial charge on any atom is -0.242 e. The van der Waals surface area contributed by atoms with Crippen LogP contribution in [0.25, 0.3) is 0 Å². The first-order valence-corrected chi connectivity index (χ1v) is 4.70. The van der Waals surface area contributed by atoms with Crippen LogP contribution in [-0.4, -0.2) is 9.97 Å². The second-order valence-corrected chi connectivity index (χ2v) is 3.16. The third kappa shape index (κ3) is 2.65. The molecule has 2 aromatic rings. The van der Waals surface area contributed by atoms with E-state index in [1.807, 2.05) is 43.3 Å². The van der Waals surface area contributed by atoms with E-state index in [1.54, 1.807) is 0 Å². The number of benzene rings is 1. The van der Waals surface area contributed by atoms with Crippen molar-refractivity contribution in [1.29, 1.82) is 0 Å². The molecule has 0 saturated carbocycles. The van der Waals surface area contributed by atoms with Crippen molar-refractivity contribution in [1.82, 2.24) is 9.97 Å². The Balaban J connectivity index is 2.26. The summed E-state index contributed by atoms with van der Waals surface area (Å²) in [5, 5.41) is 0. The van der Waals surface area contributed by atoms with Crippen LogP contribution >= 0.6 is 0 Å². The van der Waals surface area contributed by atoms with Gasteiger partial charge in [0.05, 0.1) is 0 Å². The van der Waals surface area contributed by atoms with Crippen LogP contribution in [0.1, 0.15) is 17.0 Å². The average Bonchev–Trinajstić information content (AvgIpc) is 2.28. The van der Waals surface area contributed by atoms with Crippen molar-refractivity contribution in [2.24, 2.45) is 0 Å². The van der Waals surface area contributed by atoms with Crippen LogP contribution < -0.4 is 0 Å². The predicted octanol–water partition coefficient (Wildman–Crippen LogP) is 2.18. The fourth-order valence-corrected chi connectivity index (χ4v) is 1.18. The van der Waals surface area contributed by atoms with Crippen LogP contribution in [0, 0.1) is 18.8 Å². The van der Waals surface area contributed by atoms with Gasteiger partial charge in [0.15, 0.2) is 0 Å². The van der Waals surface area contributed by atoms with Crippen molar-refractivity contribution in [3.05, 3.63) is 59.7 Å². The molecule has 15 heavy (non-hydrogen) atoms. The predicted molar refractivity (Wildman–Crippen MR) is 59.2 cm³/mol. The average molecular weight is 194 g/mol. The van der Waals surface area contributed by atoms with Crippen LogP contribution in [0.4, 0.5) is 0 Å². The van der Waals surface area contributed by atoms with E-state index in [2.05, 4.69) is 21.8 Å². The SMILES string of the molecule is Cc1cc(C#Cc2ccccc2)ncn1. The monoisotopic (exact) mass is 194 g/mol. The molecule has 2 nitrogen and oxygen atoms in total. The molecule has 0 bridgehead atoms. The van der Waals surface area contributed by atoms with E-state index in [9.17, 15) is 0 Å². The number of aryl methyl sites for hydroxylation is 1. The highest BCUT2D eigenvalue weighted by molar-refractivity contribution is 5.39. The van der Waals surface area contributed by atoms with Crippen molar-refractivity contribution in [3.8, 4) is 11.8 Å². The van der Waals surface area contributed by atoms with E-state index in [-0.39, 0.29) is 0 Å². The molecule has 0 fully saturated rings. The lowest BCUT2D eigenvalue weighted by molar-refractivity contribution is 1.09. The Labute approximate surface area is 89.0 Å². The Morgan fingerprint density at radius 1 is 1.00 bits per heavy atom. The van der Waals surface area contributed by atoms with Crippen molar-refractivity contribution in [2.45, 2.75) is 6.92 Å². The standard InChI is InChI=1S/C13H10N2/c1-11-9-13(15-10-14-11)8-7-12-5-3-2-4-6-12/h2-6,9-10H,1H3. The summed E-state index contributed by atoms with van der Waals surface area (Å²) >= 11 is 0. The fraction of sp³-hybridized carbons (Fsp3) is 0.0769. The molecule has 0 unspecified atom stereocenters. The maximum atomic E-state index is 4.07. The smallest absolute Gasteiger partial charge is 0.117 e. The molecule has 72 valence electrons. The molecule has 0 saturated heterocycles. The van der Waals surface area contributed by atoms with Gasteiger partial charge in [-0.05, 0) is 31.0 Å². The highest BCUT2D eigenvalue weighted by Crippen LogP contribution is 1.97. The number of nitrogens with zero attached hydrogens (tertiary/aromatic N) is 2. The zero-order valence-electron chi connectivity index (χ0n) is 8.44. The zero-order chi connectivity index (χ0) is 10.5. The third-order valence-electron chi connectivity index (χ3n) is 1.91. The van der Waals surface area contributed by atoms with Gasteiger partial charge >= 0.3 is 0 Å². The number of rotatable bonds is 0. The van der Waals surface area contributed by atoms with E-state index in [1.165, 1.54) is 6.33 Å². The summed E-state index contributed by atoms with van der Waals surface area (Å²) < 4.78 is 0. The van der Waals surface area contributed by atoms with Gasteiger partial charge in [-0.25, -0.2) is 9.97 Å². The Bertz CT molecular complexity index is 507. The van der Waals surface area contributed by atoms with Gasteiger partial charge < -0.3 is 0 Å². The van der Waals surface area contributed by atoms with E-state index < -0.39 is 0 Å². The Morgan fingerprint density at radius 3 is 2.53 bits per heavy atom. The van der Waals surface area contributed by atoms with Gasteiger partial charge in [0.1, 0.15) is 12.0 Å². The maximum Gasteiger partial charge on any atom is 0.117 e. The summed E-state index contributed by atoms with van der Waals surface area (Å²) in [6.07, 6.45) is 1.53. The second kappa shape index (κ2) is 4.39. The molecule has 0 N–H and O–H groups in total. The molecule has 2 rings (SSSR count). The lowest BCUT2D eigenvalue weighted by atomic mass is 10.2. The lowest BCUT2D eigenvalue weighted by Crippen LogP contribution is -1.86. The fourth-order valence-electron chi connectivity index (χ4n) is 1.18. The zero-order valence-corrected chi connectivity index (χ0v) is 8.44. The molecule has 1 heterocycles. The normalized spacial score (nSPS) is 9.13. The van der Waals surface area contributed by atoms with Gasteiger partial charge in [0.25, 0.3) is 0 Å². The molecule has 2 heteroatoms. The molecular weight excluding hydrogens is 184 g/mol. The van der Waals surface area contributed by atoms with Crippen LogP contribution in [0.3, 0.4) is 0 Å². The van der Waals surface area contributed by atoms with Crippen molar-refractivity contribution in [2.75, 3.05) is 0 Å². The van der Waals surface area contributed by atoms with Crippen LogP contribution in [0.15, 0.2) is 42.7 Å². The summed E-state index contributed by atoms with van der Waals surface area (Å²) in [5.41, 5.74) is 2.68. The summed E-state index contributed by atoms with van der Waals surface area (Å²) in [6.45, 7) is 1.93. The largest absolute Gasteiger partial charge is 0.242 e. The molecule has 0 spiro atoms. The van der Waals surface area contributed by atoms with E-state index in [0.29, 0.717) is 0 Å². The number of hydrogen-bond donors (Lipinski definition) is 0. The minimum atomic E-state index is 0.756. The maximum absolute atomic E-state index is 4.07. The Kier molecular flexibility index (Phi) is 2.75. The van der Waals surface area contributed by atoms with Crippen molar-refractivity contribution < 1.29 is 0 Å². The quantitative estimate of drug-likeness (QED) is 0.601. The first kappa shape index (κ1) is 9.42. The van der Waals surface area contributed by atoms with E-state index in [4.69, 9.17) is 0 Å². The van der Waals surface area contributed by atoms with Gasteiger partial charge in [0, 0.05) is 11.3 Å².